The molecule has 1 aliphatic rings. The Labute approximate surface area is 265 Å². The molecule has 6 rings (SSSR count). The number of hydrogen-bond donors (Lipinski definition) is 2. The van der Waals surface area contributed by atoms with E-state index in [2.05, 4.69) is 71.8 Å². The molecule has 8 nitrogen and oxygen atoms in total. The van der Waals surface area contributed by atoms with Crippen molar-refractivity contribution < 1.29 is 14.3 Å². The van der Waals surface area contributed by atoms with Gasteiger partial charge in [0.2, 0.25) is 0 Å². The molecule has 1 aromatic heterocycles. The molecule has 2 N–H and O–H groups in total. The Hall–Kier alpha value is -4.47. The van der Waals surface area contributed by atoms with Gasteiger partial charge in [0.1, 0.15) is 12.1 Å². The summed E-state index contributed by atoms with van der Waals surface area (Å²) in [7, 11) is 3.32. The molecule has 9 heteroatoms. The van der Waals surface area contributed by atoms with E-state index in [4.69, 9.17) is 9.47 Å². The molecule has 0 spiro atoms. The first-order valence-electron chi connectivity index (χ1n) is 14.6. The molecule has 2 heterocycles. The highest BCUT2D eigenvalue weighted by Gasteiger charge is 2.19. The average molecular weight is 653 g/mol. The second-order valence-corrected chi connectivity index (χ2v) is 11.7. The van der Waals surface area contributed by atoms with Crippen molar-refractivity contribution in [2.45, 2.75) is 19.5 Å². The van der Waals surface area contributed by atoms with Gasteiger partial charge in [0.05, 0.1) is 19.7 Å². The molecular weight excluding hydrogens is 618 g/mol. The lowest BCUT2D eigenvalue weighted by Crippen LogP contribution is -2.37. The molecule has 0 saturated heterocycles. The van der Waals surface area contributed by atoms with Crippen LogP contribution in [0.5, 0.6) is 11.5 Å². The van der Waals surface area contributed by atoms with Crippen molar-refractivity contribution in [3.63, 3.8) is 0 Å². The Morgan fingerprint density at radius 1 is 0.909 bits per heavy atom. The Kier molecular flexibility index (Phi) is 9.04. The molecule has 0 fully saturated rings. The summed E-state index contributed by atoms with van der Waals surface area (Å²) in [6.45, 7) is 3.75. The van der Waals surface area contributed by atoms with Crippen molar-refractivity contribution in [1.82, 2.24) is 20.2 Å². The third-order valence-electron chi connectivity index (χ3n) is 7.98. The Balaban J connectivity index is 1.07. The van der Waals surface area contributed by atoms with E-state index in [1.54, 1.807) is 20.5 Å². The van der Waals surface area contributed by atoms with Gasteiger partial charge in [-0.15, -0.1) is 0 Å². The van der Waals surface area contributed by atoms with E-state index in [-0.39, 0.29) is 5.91 Å². The van der Waals surface area contributed by atoms with E-state index in [9.17, 15) is 4.79 Å². The number of fused-ring (bicyclic) bond motifs is 2. The molecule has 0 bridgehead atoms. The third kappa shape index (κ3) is 6.69. The maximum Gasteiger partial charge on any atom is 0.251 e. The molecule has 1 amide bonds. The summed E-state index contributed by atoms with van der Waals surface area (Å²) in [5, 5.41) is 7.48. The minimum absolute atomic E-state index is 0.0775. The summed E-state index contributed by atoms with van der Waals surface area (Å²) in [6.07, 6.45) is 2.52. The van der Waals surface area contributed by atoms with Gasteiger partial charge in [-0.3, -0.25) is 9.69 Å². The van der Waals surface area contributed by atoms with Gasteiger partial charge < -0.3 is 20.1 Å². The third-order valence-corrected chi connectivity index (χ3v) is 8.47. The van der Waals surface area contributed by atoms with Crippen LogP contribution in [0.4, 0.5) is 5.82 Å². The number of benzene rings is 4. The van der Waals surface area contributed by atoms with Gasteiger partial charge in [0.15, 0.2) is 11.5 Å². The molecule has 0 saturated carbocycles. The number of anilines is 1. The molecular formula is C35H34BrN5O3. The molecule has 0 aliphatic carbocycles. The van der Waals surface area contributed by atoms with Crippen molar-refractivity contribution >= 4 is 38.6 Å². The first-order chi connectivity index (χ1) is 21.5. The maximum atomic E-state index is 12.9. The second-order valence-electron chi connectivity index (χ2n) is 10.8. The molecule has 4 aromatic carbocycles. The second kappa shape index (κ2) is 13.4. The summed E-state index contributed by atoms with van der Waals surface area (Å²) in [5.74, 6) is 2.22. The van der Waals surface area contributed by atoms with E-state index in [0.717, 1.165) is 75.4 Å². The highest BCUT2D eigenvalue weighted by atomic mass is 79.9. The fraction of sp³-hybridized carbons (Fsp3) is 0.229. The van der Waals surface area contributed by atoms with Crippen LogP contribution < -0.4 is 20.1 Å². The highest BCUT2D eigenvalue weighted by Crippen LogP contribution is 2.33. The van der Waals surface area contributed by atoms with Crippen molar-refractivity contribution in [3.05, 3.63) is 112 Å². The Bertz CT molecular complexity index is 1790. The van der Waals surface area contributed by atoms with Crippen LogP contribution in [-0.4, -0.2) is 54.6 Å². The van der Waals surface area contributed by atoms with E-state index >= 15 is 0 Å². The van der Waals surface area contributed by atoms with Crippen LogP contribution in [-0.2, 0) is 19.5 Å². The number of ether oxygens (including phenoxy) is 2. The number of methoxy groups -OCH3 is 2. The zero-order valence-corrected chi connectivity index (χ0v) is 26.4. The van der Waals surface area contributed by atoms with Crippen LogP contribution in [0.3, 0.4) is 0 Å². The predicted octanol–water partition coefficient (Wildman–Crippen LogP) is 6.48. The monoisotopic (exact) mass is 651 g/mol. The normalized spacial score (nSPS) is 12.9. The summed E-state index contributed by atoms with van der Waals surface area (Å²) in [4.78, 5) is 24.2. The quantitative estimate of drug-likeness (QED) is 0.179. The fourth-order valence-corrected chi connectivity index (χ4v) is 6.03. The number of hydrogen-bond acceptors (Lipinski definition) is 7. The van der Waals surface area contributed by atoms with E-state index in [1.165, 1.54) is 11.1 Å². The van der Waals surface area contributed by atoms with Crippen molar-refractivity contribution in [2.24, 2.45) is 0 Å². The minimum Gasteiger partial charge on any atom is -0.493 e. The SMILES string of the molecule is COc1cc2c(cc1OC)CN(CCNC(=O)c1ccc(-c3ccc4ncnc(NCc5cccc(Br)c5)c4c3)cc1)CC2. The summed E-state index contributed by atoms with van der Waals surface area (Å²) in [5.41, 5.74) is 7.23. The molecule has 0 radical (unpaired) electrons. The van der Waals surface area contributed by atoms with Crippen LogP contribution in [0.15, 0.2) is 89.7 Å². The lowest BCUT2D eigenvalue weighted by molar-refractivity contribution is 0.0947. The highest BCUT2D eigenvalue weighted by molar-refractivity contribution is 9.10. The summed E-state index contributed by atoms with van der Waals surface area (Å²) >= 11 is 3.53. The van der Waals surface area contributed by atoms with Crippen LogP contribution in [0.25, 0.3) is 22.0 Å². The predicted molar refractivity (Wildman–Crippen MR) is 177 cm³/mol. The Morgan fingerprint density at radius 2 is 1.68 bits per heavy atom. The van der Waals surface area contributed by atoms with Gasteiger partial charge in [-0.05, 0) is 82.8 Å². The smallest absolute Gasteiger partial charge is 0.251 e. The van der Waals surface area contributed by atoms with Gasteiger partial charge in [-0.2, -0.15) is 0 Å². The molecule has 5 aromatic rings. The standard InChI is InChI=1S/C35H34BrN5O3/c1-43-32-18-27-12-14-41(21-28(27)19-33(32)44-2)15-13-37-35(42)25-8-6-24(7-9-25)26-10-11-31-30(17-26)34(40-22-39-31)38-20-23-4-3-5-29(36)16-23/h3-11,16-19,22H,12-15,20-21H2,1-2H3,(H,37,42)(H,38,39,40). The van der Waals surface area contributed by atoms with Gasteiger partial charge >= 0.3 is 0 Å². The fourth-order valence-electron chi connectivity index (χ4n) is 5.59. The molecule has 1 aliphatic heterocycles. The largest absolute Gasteiger partial charge is 0.493 e. The van der Waals surface area contributed by atoms with E-state index < -0.39 is 0 Å². The average Bonchev–Trinajstić information content (AvgIpc) is 3.06. The number of amides is 1. The van der Waals surface area contributed by atoms with Gasteiger partial charge in [-0.25, -0.2) is 9.97 Å². The van der Waals surface area contributed by atoms with Crippen LogP contribution in [0.2, 0.25) is 0 Å². The topological polar surface area (TPSA) is 88.6 Å². The number of rotatable bonds is 10. The lowest BCUT2D eigenvalue weighted by Gasteiger charge is -2.29. The zero-order valence-electron chi connectivity index (χ0n) is 24.8. The van der Waals surface area contributed by atoms with E-state index in [0.29, 0.717) is 18.7 Å². The summed E-state index contributed by atoms with van der Waals surface area (Å²) in [6, 6.07) is 26.2. The number of carbonyl (C=O) groups excluding carboxylic acids is 1. The molecule has 0 unspecified atom stereocenters. The number of nitrogens with one attached hydrogen (secondary N) is 2. The lowest BCUT2D eigenvalue weighted by atomic mass is 9.99. The summed E-state index contributed by atoms with van der Waals surface area (Å²) < 4.78 is 12.0. The van der Waals surface area contributed by atoms with E-state index in [1.807, 2.05) is 48.5 Å². The number of nitrogens with zero attached hydrogens (tertiary/aromatic N) is 3. The molecule has 0 atom stereocenters. The Morgan fingerprint density at radius 3 is 2.45 bits per heavy atom. The van der Waals surface area contributed by atoms with Crippen molar-refractivity contribution in [3.8, 4) is 22.6 Å². The van der Waals surface area contributed by atoms with Crippen LogP contribution in [0, 0.1) is 0 Å². The van der Waals surface area contributed by atoms with Crippen molar-refractivity contribution in [2.75, 3.05) is 39.2 Å². The maximum absolute atomic E-state index is 12.9. The van der Waals surface area contributed by atoms with Crippen molar-refractivity contribution in [1.29, 1.82) is 0 Å². The van der Waals surface area contributed by atoms with Crippen LogP contribution in [0.1, 0.15) is 27.0 Å². The molecule has 44 heavy (non-hydrogen) atoms. The zero-order chi connectivity index (χ0) is 30.5. The first kappa shape index (κ1) is 29.6. The number of carbonyl (C=O) groups is 1. The van der Waals surface area contributed by atoms with Gasteiger partial charge in [-0.1, -0.05) is 46.3 Å². The minimum atomic E-state index is -0.0775. The number of aromatic nitrogens is 2. The molecule has 224 valence electrons. The number of halogens is 1. The van der Waals surface area contributed by atoms with Gasteiger partial charge in [0.25, 0.3) is 5.91 Å². The van der Waals surface area contributed by atoms with Gasteiger partial charge in [0, 0.05) is 48.1 Å². The first-order valence-corrected chi connectivity index (χ1v) is 15.4. The van der Waals surface area contributed by atoms with Crippen LogP contribution >= 0.6 is 15.9 Å².